The van der Waals surface area contributed by atoms with Crippen LogP contribution in [0.4, 0.5) is 0 Å². The molecule has 1 saturated heterocycles. The molecule has 5 nitrogen and oxygen atoms in total. The smallest absolute Gasteiger partial charge is 0.252 e. The van der Waals surface area contributed by atoms with E-state index in [4.69, 9.17) is 18.0 Å². The van der Waals surface area contributed by atoms with E-state index in [1.54, 1.807) is 12.1 Å². The number of nitrogens with two attached hydrogens (primary N) is 1. The number of rotatable bonds is 5. The van der Waals surface area contributed by atoms with Crippen molar-refractivity contribution in [1.29, 1.82) is 0 Å². The van der Waals surface area contributed by atoms with Gasteiger partial charge in [-0.15, -0.1) is 11.3 Å². The van der Waals surface area contributed by atoms with Crippen LogP contribution < -0.4 is 5.73 Å². The number of halogens is 1. The first-order chi connectivity index (χ1) is 9.86. The second-order valence-electron chi connectivity index (χ2n) is 4.83. The van der Waals surface area contributed by atoms with Crippen LogP contribution >= 0.6 is 39.5 Å². The van der Waals surface area contributed by atoms with Gasteiger partial charge in [0.1, 0.15) is 4.21 Å². The number of hydrogen-bond donors (Lipinski definition) is 1. The van der Waals surface area contributed by atoms with Crippen molar-refractivity contribution in [2.24, 2.45) is 5.73 Å². The van der Waals surface area contributed by atoms with E-state index in [-0.39, 0.29) is 6.04 Å². The van der Waals surface area contributed by atoms with E-state index in [1.165, 1.54) is 15.6 Å². The van der Waals surface area contributed by atoms with Gasteiger partial charge in [-0.1, -0.05) is 19.1 Å². The standard InChI is InChI=1S/C12H18BrN3O2S3/c1-2-9(12(14)19)15-5-7-16(8-6-15)21(17,18)11-4-3-10(13)20-11/h3-4,9H,2,5-8H2,1H3,(H2,14,19). The minimum atomic E-state index is -3.39. The van der Waals surface area contributed by atoms with Gasteiger partial charge in [-0.25, -0.2) is 8.42 Å². The highest BCUT2D eigenvalue weighted by Crippen LogP contribution is 2.29. The Morgan fingerprint density at radius 3 is 2.48 bits per heavy atom. The molecule has 2 N–H and O–H groups in total. The highest BCUT2D eigenvalue weighted by Gasteiger charge is 2.32. The topological polar surface area (TPSA) is 66.6 Å². The quantitative estimate of drug-likeness (QED) is 0.749. The van der Waals surface area contributed by atoms with Gasteiger partial charge in [-0.2, -0.15) is 4.31 Å². The Morgan fingerprint density at radius 1 is 1.43 bits per heavy atom. The van der Waals surface area contributed by atoms with Gasteiger partial charge in [0.2, 0.25) is 0 Å². The second-order valence-corrected chi connectivity index (χ2v) is 9.92. The molecule has 21 heavy (non-hydrogen) atoms. The largest absolute Gasteiger partial charge is 0.392 e. The van der Waals surface area contributed by atoms with Crippen molar-refractivity contribution in [1.82, 2.24) is 9.21 Å². The monoisotopic (exact) mass is 411 g/mol. The maximum atomic E-state index is 12.5. The zero-order valence-corrected chi connectivity index (χ0v) is 15.7. The van der Waals surface area contributed by atoms with E-state index in [9.17, 15) is 8.42 Å². The van der Waals surface area contributed by atoms with E-state index in [0.29, 0.717) is 35.4 Å². The summed E-state index contributed by atoms with van der Waals surface area (Å²) in [6.45, 7) is 4.29. The molecule has 0 aliphatic carbocycles. The minimum absolute atomic E-state index is 0.0562. The lowest BCUT2D eigenvalue weighted by molar-refractivity contribution is 0.165. The molecule has 2 rings (SSSR count). The van der Waals surface area contributed by atoms with Crippen LogP contribution in [0.2, 0.25) is 0 Å². The van der Waals surface area contributed by atoms with Gasteiger partial charge >= 0.3 is 0 Å². The van der Waals surface area contributed by atoms with Crippen molar-refractivity contribution in [3.63, 3.8) is 0 Å². The summed E-state index contributed by atoms with van der Waals surface area (Å²) in [5, 5.41) is 0. The summed E-state index contributed by atoms with van der Waals surface area (Å²) in [7, 11) is -3.39. The van der Waals surface area contributed by atoms with Crippen LogP contribution in [0.25, 0.3) is 0 Å². The van der Waals surface area contributed by atoms with Crippen molar-refractivity contribution < 1.29 is 8.42 Å². The summed E-state index contributed by atoms with van der Waals surface area (Å²) in [5.74, 6) is 0. The van der Waals surface area contributed by atoms with E-state index >= 15 is 0 Å². The Hall–Kier alpha value is -0.0600. The first-order valence-corrected chi connectivity index (χ1v) is 10.1. The molecule has 1 unspecified atom stereocenters. The molecule has 1 fully saturated rings. The Morgan fingerprint density at radius 2 is 2.05 bits per heavy atom. The van der Waals surface area contributed by atoms with Crippen LogP contribution in [0.1, 0.15) is 13.3 Å². The van der Waals surface area contributed by atoms with Gasteiger partial charge < -0.3 is 5.73 Å². The van der Waals surface area contributed by atoms with Crippen LogP contribution in [-0.4, -0.2) is 54.8 Å². The SMILES string of the molecule is CCC(C(N)=S)N1CCN(S(=O)(=O)c2ccc(Br)s2)CC1. The van der Waals surface area contributed by atoms with Gasteiger partial charge in [-0.05, 0) is 34.5 Å². The van der Waals surface area contributed by atoms with Gasteiger partial charge in [0.15, 0.2) is 0 Å². The molecule has 1 aromatic rings. The molecule has 9 heteroatoms. The summed E-state index contributed by atoms with van der Waals surface area (Å²) in [5.41, 5.74) is 5.75. The number of piperazine rings is 1. The third-order valence-corrected chi connectivity index (χ3v) is 7.83. The maximum Gasteiger partial charge on any atom is 0.252 e. The van der Waals surface area contributed by atoms with E-state index in [0.717, 1.165) is 10.2 Å². The number of thiophene rings is 1. The molecule has 2 heterocycles. The van der Waals surface area contributed by atoms with Crippen LogP contribution in [0.5, 0.6) is 0 Å². The third kappa shape index (κ3) is 3.83. The molecule has 0 bridgehead atoms. The molecule has 1 aliphatic heterocycles. The Balaban J connectivity index is 2.05. The van der Waals surface area contributed by atoms with Crippen LogP contribution in [0, 0.1) is 0 Å². The summed E-state index contributed by atoms with van der Waals surface area (Å²) >= 11 is 9.62. The first-order valence-electron chi connectivity index (χ1n) is 6.65. The molecule has 0 saturated carbocycles. The molecule has 0 aromatic carbocycles. The molecule has 0 radical (unpaired) electrons. The lowest BCUT2D eigenvalue weighted by Crippen LogP contribution is -2.54. The second kappa shape index (κ2) is 7.01. The first kappa shape index (κ1) is 17.3. The zero-order valence-electron chi connectivity index (χ0n) is 11.7. The molecule has 118 valence electrons. The Bertz CT molecular complexity index is 609. The van der Waals surface area contributed by atoms with Crippen molar-refractivity contribution >= 4 is 54.5 Å². The van der Waals surface area contributed by atoms with E-state index in [1.807, 2.05) is 6.92 Å². The predicted octanol–water partition coefficient (Wildman–Crippen LogP) is 1.88. The van der Waals surface area contributed by atoms with Gasteiger partial charge in [-0.3, -0.25) is 4.90 Å². The minimum Gasteiger partial charge on any atom is -0.392 e. The van der Waals surface area contributed by atoms with Gasteiger partial charge in [0.05, 0.1) is 14.8 Å². The van der Waals surface area contributed by atoms with Crippen LogP contribution in [0.15, 0.2) is 20.1 Å². The van der Waals surface area contributed by atoms with Crippen molar-refractivity contribution in [3.05, 3.63) is 15.9 Å². The number of sulfonamides is 1. The summed E-state index contributed by atoms with van der Waals surface area (Å²) < 4.78 is 27.8. The molecule has 1 aliphatic rings. The summed E-state index contributed by atoms with van der Waals surface area (Å²) in [6.07, 6.45) is 0.847. The Kier molecular flexibility index (Phi) is 5.77. The number of thiocarbonyl (C=S) groups is 1. The fourth-order valence-corrected chi connectivity index (χ4v) is 6.36. The zero-order chi connectivity index (χ0) is 15.6. The van der Waals surface area contributed by atoms with Crippen molar-refractivity contribution in [2.75, 3.05) is 26.2 Å². The van der Waals surface area contributed by atoms with Crippen LogP contribution in [0.3, 0.4) is 0 Å². The normalized spacial score (nSPS) is 19.5. The number of hydrogen-bond acceptors (Lipinski definition) is 5. The fraction of sp³-hybridized carbons (Fsp3) is 0.583. The molecule has 1 atom stereocenters. The van der Waals surface area contributed by atoms with Gasteiger partial charge in [0, 0.05) is 26.2 Å². The molecular weight excluding hydrogens is 394 g/mol. The summed E-state index contributed by atoms with van der Waals surface area (Å²) in [4.78, 5) is 2.65. The Labute approximate surface area is 143 Å². The molecule has 0 amide bonds. The van der Waals surface area contributed by atoms with Gasteiger partial charge in [0.25, 0.3) is 10.0 Å². The van der Waals surface area contributed by atoms with Crippen molar-refractivity contribution in [3.8, 4) is 0 Å². The number of nitrogens with zero attached hydrogens (tertiary/aromatic N) is 2. The lowest BCUT2D eigenvalue weighted by Gasteiger charge is -2.37. The third-order valence-electron chi connectivity index (χ3n) is 3.57. The average molecular weight is 412 g/mol. The molecule has 1 aromatic heterocycles. The lowest BCUT2D eigenvalue weighted by atomic mass is 10.1. The fourth-order valence-electron chi connectivity index (χ4n) is 2.46. The van der Waals surface area contributed by atoms with E-state index in [2.05, 4.69) is 20.8 Å². The van der Waals surface area contributed by atoms with E-state index < -0.39 is 10.0 Å². The average Bonchev–Trinajstić information content (AvgIpc) is 2.87. The highest BCUT2D eigenvalue weighted by molar-refractivity contribution is 9.11. The van der Waals surface area contributed by atoms with Crippen LogP contribution in [-0.2, 0) is 10.0 Å². The van der Waals surface area contributed by atoms with Crippen molar-refractivity contribution in [2.45, 2.75) is 23.6 Å². The maximum absolute atomic E-state index is 12.5. The summed E-state index contributed by atoms with van der Waals surface area (Å²) in [6, 6.07) is 3.45. The molecular formula is C12H18BrN3O2S3. The molecule has 0 spiro atoms. The highest BCUT2D eigenvalue weighted by atomic mass is 79.9. The predicted molar refractivity (Wildman–Crippen MR) is 93.2 cm³/mol.